The third-order valence-electron chi connectivity index (χ3n) is 5.72. The van der Waals surface area contributed by atoms with Gasteiger partial charge in [0.1, 0.15) is 17.7 Å². The fourth-order valence-electron chi connectivity index (χ4n) is 3.88. The monoisotopic (exact) mass is 554 g/mol. The zero-order valence-corrected chi connectivity index (χ0v) is 23.6. The number of nitrogens with two attached hydrogens (primary N) is 1. The van der Waals surface area contributed by atoms with Crippen LogP contribution in [0.5, 0.6) is 0 Å². The Balaban J connectivity index is 2.52. The van der Waals surface area contributed by atoms with Gasteiger partial charge in [-0.2, -0.15) is 0 Å². The van der Waals surface area contributed by atoms with Crippen LogP contribution in [0.2, 0.25) is 5.02 Å². The average molecular weight is 555 g/mol. The van der Waals surface area contributed by atoms with E-state index in [9.17, 15) is 19.2 Å². The lowest BCUT2D eigenvalue weighted by atomic mass is 10.00. The van der Waals surface area contributed by atoms with Crippen LogP contribution in [0.25, 0.3) is 0 Å². The summed E-state index contributed by atoms with van der Waals surface area (Å²) in [7, 11) is 0. The summed E-state index contributed by atoms with van der Waals surface area (Å²) < 4.78 is 5.31. The Kier molecular flexibility index (Phi) is 10.9. The number of terminal acetylenes is 1. The number of hydrogen-bond donors (Lipinski definition) is 3. The van der Waals surface area contributed by atoms with E-state index in [1.54, 1.807) is 77.1 Å². The van der Waals surface area contributed by atoms with E-state index in [2.05, 4.69) is 16.6 Å². The van der Waals surface area contributed by atoms with Crippen molar-refractivity contribution in [1.82, 2.24) is 10.2 Å². The van der Waals surface area contributed by atoms with Crippen LogP contribution in [-0.4, -0.2) is 46.9 Å². The van der Waals surface area contributed by atoms with Gasteiger partial charge in [-0.05, 0) is 70.4 Å². The molecule has 2 aromatic rings. The molecule has 9 nitrogen and oxygen atoms in total. The number of rotatable bonds is 10. The summed E-state index contributed by atoms with van der Waals surface area (Å²) in [5.74, 6) is 0.759. The highest BCUT2D eigenvalue weighted by atomic mass is 35.5. The number of ether oxygens (including phenoxy) is 1. The number of likely N-dealkylation sites (N-methyl/N-ethyl adjacent to an activating group) is 1. The summed E-state index contributed by atoms with van der Waals surface area (Å²) in [5.41, 5.74) is 6.73. The van der Waals surface area contributed by atoms with Crippen LogP contribution >= 0.6 is 11.6 Å². The van der Waals surface area contributed by atoms with E-state index in [0.717, 1.165) is 5.56 Å². The number of alkyl carbamates (subject to hydrolysis) is 1. The lowest BCUT2D eigenvalue weighted by Crippen LogP contribution is -2.52. The van der Waals surface area contributed by atoms with Gasteiger partial charge in [-0.25, -0.2) is 4.79 Å². The summed E-state index contributed by atoms with van der Waals surface area (Å²) >= 11 is 6.35. The number of hydrogen-bond acceptors (Lipinski definition) is 5. The van der Waals surface area contributed by atoms with E-state index in [0.29, 0.717) is 21.8 Å². The van der Waals surface area contributed by atoms with Gasteiger partial charge in [0.05, 0.1) is 10.7 Å². The van der Waals surface area contributed by atoms with Crippen LogP contribution in [0.15, 0.2) is 42.5 Å². The summed E-state index contributed by atoms with van der Waals surface area (Å²) in [6.07, 6.45) is 4.40. The highest BCUT2D eigenvalue weighted by Gasteiger charge is 2.36. The molecule has 2 aromatic carbocycles. The first kappa shape index (κ1) is 31.2. The molecule has 39 heavy (non-hydrogen) atoms. The molecule has 0 saturated heterocycles. The smallest absolute Gasteiger partial charge is 0.408 e. The van der Waals surface area contributed by atoms with Crippen molar-refractivity contribution in [3.05, 3.63) is 64.2 Å². The molecule has 0 aliphatic carbocycles. The van der Waals surface area contributed by atoms with Gasteiger partial charge in [-0.3, -0.25) is 14.4 Å². The molecular formula is C29H35ClN4O5. The van der Waals surface area contributed by atoms with Crippen molar-refractivity contribution in [1.29, 1.82) is 0 Å². The fraction of sp³-hybridized carbons (Fsp3) is 0.379. The van der Waals surface area contributed by atoms with Crippen molar-refractivity contribution in [3.8, 4) is 12.3 Å². The van der Waals surface area contributed by atoms with Crippen molar-refractivity contribution >= 4 is 41.1 Å². The summed E-state index contributed by atoms with van der Waals surface area (Å²) in [6.45, 7) is 8.64. The molecule has 208 valence electrons. The number of nitrogens with one attached hydrogen (secondary N) is 2. The van der Waals surface area contributed by atoms with Crippen LogP contribution in [0.1, 0.15) is 63.3 Å². The molecule has 0 aliphatic heterocycles. The Hall–Kier alpha value is -4.03. The van der Waals surface area contributed by atoms with Crippen LogP contribution in [0.4, 0.5) is 10.5 Å². The van der Waals surface area contributed by atoms with Gasteiger partial charge < -0.3 is 26.0 Å². The molecule has 2 atom stereocenters. The van der Waals surface area contributed by atoms with E-state index in [1.807, 2.05) is 0 Å². The molecule has 0 bridgehead atoms. The molecule has 0 radical (unpaired) electrons. The molecule has 0 aliphatic rings. The van der Waals surface area contributed by atoms with E-state index >= 15 is 0 Å². The molecule has 0 saturated carbocycles. The Bertz CT molecular complexity index is 1230. The van der Waals surface area contributed by atoms with E-state index in [4.69, 9.17) is 28.5 Å². The minimum atomic E-state index is -1.19. The molecule has 4 amide bonds. The molecule has 0 fully saturated rings. The average Bonchev–Trinajstić information content (AvgIpc) is 2.85. The number of halogens is 1. The normalized spacial score (nSPS) is 12.4. The fourth-order valence-corrected chi connectivity index (χ4v) is 4.14. The van der Waals surface area contributed by atoms with Crippen molar-refractivity contribution in [2.75, 3.05) is 11.9 Å². The molecule has 2 unspecified atom stereocenters. The number of primary amides is 1. The Labute approximate surface area is 234 Å². The number of carbonyl (C=O) groups excluding carboxylic acids is 4. The first-order valence-corrected chi connectivity index (χ1v) is 12.9. The minimum Gasteiger partial charge on any atom is -0.444 e. The second kappa shape index (κ2) is 13.7. The van der Waals surface area contributed by atoms with Crippen LogP contribution in [-0.2, 0) is 19.1 Å². The van der Waals surface area contributed by atoms with Gasteiger partial charge in [0.2, 0.25) is 11.8 Å². The molecule has 0 spiro atoms. The van der Waals surface area contributed by atoms with Crippen molar-refractivity contribution in [2.45, 2.75) is 65.1 Å². The van der Waals surface area contributed by atoms with E-state index in [1.165, 1.54) is 4.90 Å². The van der Waals surface area contributed by atoms with Gasteiger partial charge in [-0.15, -0.1) is 6.42 Å². The summed E-state index contributed by atoms with van der Waals surface area (Å²) in [6, 6.07) is 9.55. The third kappa shape index (κ3) is 9.04. The topological polar surface area (TPSA) is 131 Å². The number of benzene rings is 2. The number of aryl methyl sites for hydroxylation is 1. The van der Waals surface area contributed by atoms with Gasteiger partial charge in [0.25, 0.3) is 5.91 Å². The molecule has 10 heteroatoms. The minimum absolute atomic E-state index is 0.0854. The van der Waals surface area contributed by atoms with Gasteiger partial charge in [0.15, 0.2) is 0 Å². The molecular weight excluding hydrogens is 520 g/mol. The van der Waals surface area contributed by atoms with Crippen LogP contribution in [0, 0.1) is 19.3 Å². The van der Waals surface area contributed by atoms with Crippen LogP contribution < -0.4 is 16.4 Å². The second-order valence-electron chi connectivity index (χ2n) is 9.92. The Morgan fingerprint density at radius 1 is 1.13 bits per heavy atom. The molecule has 0 heterocycles. The third-order valence-corrected chi connectivity index (χ3v) is 6.03. The lowest BCUT2D eigenvalue weighted by Gasteiger charge is -2.34. The number of amides is 4. The maximum absolute atomic E-state index is 13.9. The van der Waals surface area contributed by atoms with E-state index in [-0.39, 0.29) is 19.4 Å². The molecule has 0 aromatic heterocycles. The molecule has 2 rings (SSSR count). The quantitative estimate of drug-likeness (QED) is 0.376. The van der Waals surface area contributed by atoms with Gasteiger partial charge in [-0.1, -0.05) is 41.8 Å². The van der Waals surface area contributed by atoms with Crippen molar-refractivity contribution in [2.24, 2.45) is 5.73 Å². The van der Waals surface area contributed by atoms with Crippen LogP contribution in [0.3, 0.4) is 0 Å². The highest BCUT2D eigenvalue weighted by molar-refractivity contribution is 6.34. The molecule has 4 N–H and O–H groups in total. The number of carbonyl (C=O) groups is 4. The Morgan fingerprint density at radius 2 is 1.77 bits per heavy atom. The lowest BCUT2D eigenvalue weighted by molar-refractivity contribution is -0.140. The van der Waals surface area contributed by atoms with Crippen molar-refractivity contribution < 1.29 is 23.9 Å². The first-order valence-electron chi connectivity index (χ1n) is 12.5. The second-order valence-corrected chi connectivity index (χ2v) is 10.3. The highest BCUT2D eigenvalue weighted by Crippen LogP contribution is 2.29. The number of para-hydroxylation sites is 1. The summed E-state index contributed by atoms with van der Waals surface area (Å²) in [4.78, 5) is 53.1. The standard InChI is InChI=1S/C29H35ClN4O5/c1-7-19-12-14-20(15-13-19)25(26(36)33-24-18(3)10-9-11-21(24)30)34(8-2)27(37)22(16-17-23(31)35)32-28(38)39-29(4,5)6/h1,9-15,22,25H,8,16-17H2,2-6H3,(H2,31,35)(H,32,38)(H,33,36). The van der Waals surface area contributed by atoms with Crippen molar-refractivity contribution in [3.63, 3.8) is 0 Å². The Morgan fingerprint density at radius 3 is 2.28 bits per heavy atom. The zero-order chi connectivity index (χ0) is 29.3. The number of anilines is 1. The van der Waals surface area contributed by atoms with Gasteiger partial charge >= 0.3 is 6.09 Å². The first-order chi connectivity index (χ1) is 18.3. The predicted molar refractivity (Wildman–Crippen MR) is 151 cm³/mol. The number of nitrogens with zero attached hydrogens (tertiary/aromatic N) is 1. The van der Waals surface area contributed by atoms with Gasteiger partial charge in [0, 0.05) is 18.5 Å². The predicted octanol–water partition coefficient (Wildman–Crippen LogP) is 4.32. The summed E-state index contributed by atoms with van der Waals surface area (Å²) in [5, 5.41) is 5.72. The van der Waals surface area contributed by atoms with E-state index < -0.39 is 41.5 Å². The largest absolute Gasteiger partial charge is 0.444 e. The SMILES string of the molecule is C#Cc1ccc(C(C(=O)Nc2c(C)cccc2Cl)N(CC)C(=O)C(CCC(N)=O)NC(=O)OC(C)(C)C)cc1. The maximum Gasteiger partial charge on any atom is 0.408 e. The maximum atomic E-state index is 13.9. The zero-order valence-electron chi connectivity index (χ0n) is 22.8.